The van der Waals surface area contributed by atoms with Crippen molar-refractivity contribution in [2.24, 2.45) is 5.41 Å². The Morgan fingerprint density at radius 1 is 1.29 bits per heavy atom. The number of nitrogen functional groups attached to an aromatic ring is 1. The lowest BCUT2D eigenvalue weighted by atomic mass is 9.85. The van der Waals surface area contributed by atoms with Gasteiger partial charge in [-0.25, -0.2) is 0 Å². The number of allylic oxidation sites excluding steroid dienone is 1. The first kappa shape index (κ1) is 10.8. The van der Waals surface area contributed by atoms with Crippen LogP contribution in [0, 0.1) is 5.41 Å². The number of rotatable bonds is 2. The lowest BCUT2D eigenvalue weighted by molar-refractivity contribution is 0.427. The monoisotopic (exact) mass is 189 g/mol. The summed E-state index contributed by atoms with van der Waals surface area (Å²) in [7, 11) is 0. The molecule has 0 saturated carbocycles. The van der Waals surface area contributed by atoms with Gasteiger partial charge in [-0.2, -0.15) is 0 Å². The molecular weight excluding hydrogens is 170 g/mol. The highest BCUT2D eigenvalue weighted by Crippen LogP contribution is 2.31. The van der Waals surface area contributed by atoms with Gasteiger partial charge < -0.3 is 5.73 Å². The van der Waals surface area contributed by atoms with E-state index in [1.165, 1.54) is 0 Å². The van der Waals surface area contributed by atoms with Gasteiger partial charge >= 0.3 is 0 Å². The van der Waals surface area contributed by atoms with Crippen LogP contribution in [0.1, 0.15) is 32.8 Å². The van der Waals surface area contributed by atoms with Crippen molar-refractivity contribution < 1.29 is 0 Å². The van der Waals surface area contributed by atoms with Gasteiger partial charge in [0.1, 0.15) is 0 Å². The zero-order valence-corrected chi connectivity index (χ0v) is 9.30. The minimum Gasteiger partial charge on any atom is -0.398 e. The summed E-state index contributed by atoms with van der Waals surface area (Å²) in [6.07, 6.45) is 0.973. The quantitative estimate of drug-likeness (QED) is 0.705. The van der Waals surface area contributed by atoms with Crippen LogP contribution in [0.15, 0.2) is 30.8 Å². The third kappa shape index (κ3) is 2.91. The second-order valence-electron chi connectivity index (χ2n) is 4.93. The predicted molar refractivity (Wildman–Crippen MR) is 64.0 cm³/mol. The Morgan fingerprint density at radius 2 is 1.86 bits per heavy atom. The normalized spacial score (nSPS) is 11.4. The molecule has 1 aromatic carbocycles. The average molecular weight is 189 g/mol. The molecule has 0 aromatic heterocycles. The molecule has 1 heteroatoms. The molecule has 0 fully saturated rings. The Morgan fingerprint density at radius 3 is 2.36 bits per heavy atom. The second kappa shape index (κ2) is 3.87. The molecule has 0 saturated heterocycles. The lowest BCUT2D eigenvalue weighted by Crippen LogP contribution is -2.06. The molecule has 1 aromatic rings. The third-order valence-corrected chi connectivity index (χ3v) is 2.09. The molecule has 0 spiro atoms. The van der Waals surface area contributed by atoms with Crippen molar-refractivity contribution in [2.45, 2.75) is 27.2 Å². The van der Waals surface area contributed by atoms with Crippen LogP contribution in [0.5, 0.6) is 0 Å². The van der Waals surface area contributed by atoms with Crippen molar-refractivity contribution in [2.75, 3.05) is 5.73 Å². The zero-order valence-electron chi connectivity index (χ0n) is 9.30. The summed E-state index contributed by atoms with van der Waals surface area (Å²) in [5.74, 6) is 0. The van der Waals surface area contributed by atoms with E-state index in [0.717, 1.165) is 23.2 Å². The van der Waals surface area contributed by atoms with Gasteiger partial charge in [-0.15, -0.1) is 0 Å². The molecule has 0 aliphatic heterocycles. The number of nitrogens with two attached hydrogens (primary N) is 1. The van der Waals surface area contributed by atoms with Gasteiger partial charge in [0.2, 0.25) is 0 Å². The fraction of sp³-hybridized carbons (Fsp3) is 0.385. The zero-order chi connectivity index (χ0) is 10.8. The fourth-order valence-corrected chi connectivity index (χ4v) is 1.55. The first-order valence-corrected chi connectivity index (χ1v) is 4.93. The lowest BCUT2D eigenvalue weighted by Gasteiger charge is -2.20. The summed E-state index contributed by atoms with van der Waals surface area (Å²) in [4.78, 5) is 0. The van der Waals surface area contributed by atoms with Crippen LogP contribution < -0.4 is 5.73 Å². The smallest absolute Gasteiger partial charge is 0.0390 e. The highest BCUT2D eigenvalue weighted by Gasteiger charge is 2.13. The maximum Gasteiger partial charge on any atom is 0.0390 e. The van der Waals surface area contributed by atoms with E-state index < -0.39 is 0 Å². The topological polar surface area (TPSA) is 26.0 Å². The molecule has 1 nitrogen and oxygen atoms in total. The van der Waals surface area contributed by atoms with Gasteiger partial charge in [-0.3, -0.25) is 0 Å². The van der Waals surface area contributed by atoms with Crippen LogP contribution in [0.25, 0.3) is 5.57 Å². The number of para-hydroxylation sites is 1. The summed E-state index contributed by atoms with van der Waals surface area (Å²) in [5, 5.41) is 0. The van der Waals surface area contributed by atoms with Crippen molar-refractivity contribution in [3.8, 4) is 0 Å². The Labute approximate surface area is 86.6 Å². The van der Waals surface area contributed by atoms with E-state index in [-0.39, 0.29) is 5.41 Å². The van der Waals surface area contributed by atoms with Crippen LogP contribution in [0.2, 0.25) is 0 Å². The van der Waals surface area contributed by atoms with E-state index in [9.17, 15) is 0 Å². The molecule has 1 rings (SSSR count). The minimum absolute atomic E-state index is 0.263. The molecule has 76 valence electrons. The van der Waals surface area contributed by atoms with Crippen molar-refractivity contribution in [1.82, 2.24) is 0 Å². The van der Waals surface area contributed by atoms with Gasteiger partial charge in [-0.05, 0) is 29.0 Å². The van der Waals surface area contributed by atoms with Crippen molar-refractivity contribution >= 4 is 11.3 Å². The van der Waals surface area contributed by atoms with Gasteiger partial charge in [0.05, 0.1) is 0 Å². The number of hydrogen-bond acceptors (Lipinski definition) is 1. The summed E-state index contributed by atoms with van der Waals surface area (Å²) >= 11 is 0. The van der Waals surface area contributed by atoms with E-state index in [1.54, 1.807) is 0 Å². The Hall–Kier alpha value is -1.24. The number of anilines is 1. The molecular formula is C13H19N. The van der Waals surface area contributed by atoms with Crippen LogP contribution in [0.4, 0.5) is 5.69 Å². The van der Waals surface area contributed by atoms with Gasteiger partial charge in [-0.1, -0.05) is 45.5 Å². The van der Waals surface area contributed by atoms with Gasteiger partial charge in [0.25, 0.3) is 0 Å². The first-order valence-electron chi connectivity index (χ1n) is 4.93. The Kier molecular flexibility index (Phi) is 3.00. The van der Waals surface area contributed by atoms with Crippen LogP contribution >= 0.6 is 0 Å². The molecule has 0 heterocycles. The molecule has 0 atom stereocenters. The predicted octanol–water partition coefficient (Wildman–Crippen LogP) is 3.72. The van der Waals surface area contributed by atoms with Crippen molar-refractivity contribution in [1.29, 1.82) is 0 Å². The molecule has 0 radical (unpaired) electrons. The van der Waals surface area contributed by atoms with Crippen LogP contribution in [-0.4, -0.2) is 0 Å². The molecule has 14 heavy (non-hydrogen) atoms. The largest absolute Gasteiger partial charge is 0.398 e. The summed E-state index contributed by atoms with van der Waals surface area (Å²) in [5.41, 5.74) is 9.17. The Balaban J connectivity index is 2.86. The first-order chi connectivity index (χ1) is 6.40. The van der Waals surface area contributed by atoms with Gasteiger partial charge in [0, 0.05) is 5.69 Å². The van der Waals surface area contributed by atoms with Crippen molar-refractivity contribution in [3.63, 3.8) is 0 Å². The van der Waals surface area contributed by atoms with E-state index in [4.69, 9.17) is 5.73 Å². The van der Waals surface area contributed by atoms with Crippen molar-refractivity contribution in [3.05, 3.63) is 36.4 Å². The molecule has 2 N–H and O–H groups in total. The summed E-state index contributed by atoms with van der Waals surface area (Å²) < 4.78 is 0. The maximum absolute atomic E-state index is 5.88. The summed E-state index contributed by atoms with van der Waals surface area (Å²) in [6.45, 7) is 10.7. The fourth-order valence-electron chi connectivity index (χ4n) is 1.55. The third-order valence-electron chi connectivity index (χ3n) is 2.09. The molecule has 0 unspecified atom stereocenters. The van der Waals surface area contributed by atoms with E-state index in [0.29, 0.717) is 0 Å². The Bertz CT molecular complexity index is 331. The second-order valence-corrected chi connectivity index (χ2v) is 4.93. The van der Waals surface area contributed by atoms with E-state index in [2.05, 4.69) is 27.4 Å². The standard InChI is InChI=1S/C13H19N/c1-10(9-13(2,3)4)11-7-5-6-8-12(11)14/h5-8H,1,9,14H2,2-4H3. The SMILES string of the molecule is C=C(CC(C)(C)C)c1ccccc1N. The molecule has 0 amide bonds. The molecule has 0 aliphatic rings. The van der Waals surface area contributed by atoms with Crippen LogP contribution in [-0.2, 0) is 0 Å². The minimum atomic E-state index is 0.263. The summed E-state index contributed by atoms with van der Waals surface area (Å²) in [6, 6.07) is 7.90. The van der Waals surface area contributed by atoms with Crippen LogP contribution in [0.3, 0.4) is 0 Å². The number of benzene rings is 1. The van der Waals surface area contributed by atoms with Gasteiger partial charge in [0.15, 0.2) is 0 Å². The molecule has 0 aliphatic carbocycles. The maximum atomic E-state index is 5.88. The highest BCUT2D eigenvalue weighted by molar-refractivity contribution is 5.73. The van der Waals surface area contributed by atoms with E-state index >= 15 is 0 Å². The average Bonchev–Trinajstić information content (AvgIpc) is 2.01. The highest BCUT2D eigenvalue weighted by atomic mass is 14.6. The molecule has 0 bridgehead atoms. The number of hydrogen-bond donors (Lipinski definition) is 1. The van der Waals surface area contributed by atoms with E-state index in [1.807, 2.05) is 24.3 Å².